The number of benzene rings is 1. The quantitative estimate of drug-likeness (QED) is 0.450. The molecule has 1 aliphatic heterocycles. The van der Waals surface area contributed by atoms with E-state index < -0.39 is 19.0 Å². The van der Waals surface area contributed by atoms with E-state index >= 15 is 0 Å². The first-order valence-electron chi connectivity index (χ1n) is 8.83. The molecule has 1 aromatic rings. The van der Waals surface area contributed by atoms with Crippen molar-refractivity contribution in [1.82, 2.24) is 4.90 Å². The maximum atomic E-state index is 12.2. The average Bonchev–Trinajstić information content (AvgIpc) is 2.83. The van der Waals surface area contributed by atoms with Gasteiger partial charge in [-0.2, -0.15) is 13.2 Å². The molecule has 0 radical (unpaired) electrons. The fourth-order valence-corrected chi connectivity index (χ4v) is 2.97. The molecule has 0 atom stereocenters. The van der Waals surface area contributed by atoms with Gasteiger partial charge in [-0.3, -0.25) is 19.3 Å². The molecule has 0 unspecified atom stereocenters. The Morgan fingerprint density at radius 1 is 0.846 bits per heavy atom. The zero-order valence-corrected chi connectivity index (χ0v) is 14.5. The molecule has 142 valence electrons. The monoisotopic (exact) mass is 369 g/mol. The molecule has 0 bridgehead atoms. The molecule has 0 spiro atoms. The van der Waals surface area contributed by atoms with E-state index in [1.807, 2.05) is 0 Å². The largest absolute Gasteiger partial charge is 0.389 e. The van der Waals surface area contributed by atoms with Crippen LogP contribution in [0.25, 0.3) is 0 Å². The van der Waals surface area contributed by atoms with Crippen LogP contribution in [0.15, 0.2) is 24.3 Å². The zero-order chi connectivity index (χ0) is 19.2. The molecule has 1 aromatic carbocycles. The number of hydrogen-bond acceptors (Lipinski definition) is 3. The van der Waals surface area contributed by atoms with Crippen LogP contribution in [0, 0.1) is 0 Å². The summed E-state index contributed by atoms with van der Waals surface area (Å²) in [6.07, 6.45) is -1.99. The number of rotatable bonds is 10. The van der Waals surface area contributed by atoms with Crippen LogP contribution in [-0.2, 0) is 4.79 Å². The Balaban J connectivity index is 1.57. The number of halogens is 3. The second kappa shape index (κ2) is 8.96. The van der Waals surface area contributed by atoms with Crippen LogP contribution in [0.5, 0.6) is 0 Å². The van der Waals surface area contributed by atoms with Gasteiger partial charge in [0.15, 0.2) is 0 Å². The number of hydrogen-bond donors (Lipinski definition) is 0. The summed E-state index contributed by atoms with van der Waals surface area (Å²) in [4.78, 5) is 36.9. The summed E-state index contributed by atoms with van der Waals surface area (Å²) in [5.74, 6) is -0.880. The average molecular weight is 369 g/mol. The van der Waals surface area contributed by atoms with Crippen molar-refractivity contribution in [2.24, 2.45) is 0 Å². The Morgan fingerprint density at radius 3 is 1.96 bits per heavy atom. The normalized spacial score (nSPS) is 14.0. The first kappa shape index (κ1) is 20.1. The Hall–Kier alpha value is -2.18. The number of carbonyl (C=O) groups excluding carboxylic acids is 3. The fraction of sp³-hybridized carbons (Fsp3) is 0.526. The minimum Gasteiger partial charge on any atom is -0.300 e. The molecule has 1 aliphatic rings. The highest BCUT2D eigenvalue weighted by molar-refractivity contribution is 6.21. The highest BCUT2D eigenvalue weighted by atomic mass is 19.4. The molecule has 2 rings (SSSR count). The van der Waals surface area contributed by atoms with Crippen LogP contribution in [0.2, 0.25) is 0 Å². The van der Waals surface area contributed by atoms with Crippen molar-refractivity contribution in [1.29, 1.82) is 0 Å². The first-order chi connectivity index (χ1) is 12.3. The molecule has 2 amide bonds. The third-order valence-corrected chi connectivity index (χ3v) is 4.40. The van der Waals surface area contributed by atoms with Gasteiger partial charge in [0.2, 0.25) is 0 Å². The third kappa shape index (κ3) is 5.68. The number of Topliss-reactive ketones (excluding diaryl/α,β-unsaturated/α-hetero) is 1. The maximum Gasteiger partial charge on any atom is 0.389 e. The van der Waals surface area contributed by atoms with Gasteiger partial charge in [0, 0.05) is 19.4 Å². The van der Waals surface area contributed by atoms with Crippen LogP contribution >= 0.6 is 0 Å². The number of unbranched alkanes of at least 4 members (excludes halogenated alkanes) is 4. The van der Waals surface area contributed by atoms with E-state index in [2.05, 4.69) is 0 Å². The molecule has 1 heterocycles. The van der Waals surface area contributed by atoms with E-state index in [-0.39, 0.29) is 24.0 Å². The second-order valence-corrected chi connectivity index (χ2v) is 6.48. The van der Waals surface area contributed by atoms with E-state index in [1.54, 1.807) is 24.3 Å². The predicted molar refractivity (Wildman–Crippen MR) is 89.8 cm³/mol. The number of carbonyl (C=O) groups is 3. The third-order valence-electron chi connectivity index (χ3n) is 4.40. The Labute approximate surface area is 150 Å². The van der Waals surface area contributed by atoms with Crippen LogP contribution in [0.3, 0.4) is 0 Å². The molecule has 7 heteroatoms. The van der Waals surface area contributed by atoms with Crippen LogP contribution in [-0.4, -0.2) is 35.2 Å². The van der Waals surface area contributed by atoms with E-state index in [1.165, 1.54) is 4.90 Å². The second-order valence-electron chi connectivity index (χ2n) is 6.48. The molecule has 0 saturated heterocycles. The molecule has 4 nitrogen and oxygen atoms in total. The Morgan fingerprint density at radius 2 is 1.38 bits per heavy atom. The number of fused-ring (bicyclic) bond motifs is 1. The summed E-state index contributed by atoms with van der Waals surface area (Å²) in [6, 6.07) is 6.74. The molecule has 0 fully saturated rings. The van der Waals surface area contributed by atoms with Gasteiger partial charge in [-0.1, -0.05) is 31.4 Å². The summed E-state index contributed by atoms with van der Waals surface area (Å²) < 4.78 is 36.0. The van der Waals surface area contributed by atoms with Gasteiger partial charge in [-0.05, 0) is 25.0 Å². The molecule has 0 aromatic heterocycles. The number of ketones is 1. The van der Waals surface area contributed by atoms with Crippen molar-refractivity contribution in [3.05, 3.63) is 35.4 Å². The lowest BCUT2D eigenvalue weighted by Crippen LogP contribution is -2.30. The van der Waals surface area contributed by atoms with Crippen molar-refractivity contribution in [2.45, 2.75) is 57.5 Å². The van der Waals surface area contributed by atoms with Crippen LogP contribution in [0.4, 0.5) is 13.2 Å². The molecule has 26 heavy (non-hydrogen) atoms. The molecular weight excluding hydrogens is 347 g/mol. The van der Waals surface area contributed by atoms with Crippen molar-refractivity contribution in [2.75, 3.05) is 6.54 Å². The van der Waals surface area contributed by atoms with Gasteiger partial charge in [0.1, 0.15) is 5.78 Å². The Kier molecular flexibility index (Phi) is 6.94. The summed E-state index contributed by atoms with van der Waals surface area (Å²) in [5, 5.41) is 0. The summed E-state index contributed by atoms with van der Waals surface area (Å²) in [6.45, 7) is 0.358. The van der Waals surface area contributed by atoms with E-state index in [4.69, 9.17) is 0 Å². The molecule has 0 N–H and O–H groups in total. The van der Waals surface area contributed by atoms with Gasteiger partial charge < -0.3 is 0 Å². The van der Waals surface area contributed by atoms with Crippen molar-refractivity contribution < 1.29 is 27.6 Å². The minimum atomic E-state index is -4.28. The van der Waals surface area contributed by atoms with Gasteiger partial charge in [-0.15, -0.1) is 0 Å². The van der Waals surface area contributed by atoms with Crippen molar-refractivity contribution in [3.63, 3.8) is 0 Å². The lowest BCUT2D eigenvalue weighted by Gasteiger charge is -2.13. The molecule has 0 saturated carbocycles. The SMILES string of the molecule is O=C(CCCCCCCN1C(=O)c2ccccc2C1=O)CCC(F)(F)F. The number of nitrogens with zero attached hydrogens (tertiary/aromatic N) is 1. The Bertz CT molecular complexity index is 635. The highest BCUT2D eigenvalue weighted by Crippen LogP contribution is 2.23. The number of alkyl halides is 3. The smallest absolute Gasteiger partial charge is 0.300 e. The zero-order valence-electron chi connectivity index (χ0n) is 14.5. The van der Waals surface area contributed by atoms with Gasteiger partial charge in [0.25, 0.3) is 11.8 Å². The molecule has 0 aliphatic carbocycles. The van der Waals surface area contributed by atoms with Crippen LogP contribution < -0.4 is 0 Å². The first-order valence-corrected chi connectivity index (χ1v) is 8.83. The molecular formula is C19H22F3NO3. The lowest BCUT2D eigenvalue weighted by atomic mass is 10.1. The highest BCUT2D eigenvalue weighted by Gasteiger charge is 2.34. The van der Waals surface area contributed by atoms with Crippen LogP contribution in [0.1, 0.15) is 72.1 Å². The lowest BCUT2D eigenvalue weighted by molar-refractivity contribution is -0.143. The number of imide groups is 1. The van der Waals surface area contributed by atoms with E-state index in [0.717, 1.165) is 19.3 Å². The number of amides is 2. The topological polar surface area (TPSA) is 54.5 Å². The predicted octanol–water partition coefficient (Wildman–Crippen LogP) is 4.53. The summed E-state index contributed by atoms with van der Waals surface area (Å²) in [7, 11) is 0. The van der Waals surface area contributed by atoms with Gasteiger partial charge >= 0.3 is 6.18 Å². The van der Waals surface area contributed by atoms with E-state index in [0.29, 0.717) is 30.5 Å². The van der Waals surface area contributed by atoms with Gasteiger partial charge in [-0.25, -0.2) is 0 Å². The maximum absolute atomic E-state index is 12.2. The van der Waals surface area contributed by atoms with Crippen molar-refractivity contribution >= 4 is 17.6 Å². The van der Waals surface area contributed by atoms with Gasteiger partial charge in [0.05, 0.1) is 17.5 Å². The van der Waals surface area contributed by atoms with Crippen molar-refractivity contribution in [3.8, 4) is 0 Å². The summed E-state index contributed by atoms with van der Waals surface area (Å²) >= 11 is 0. The summed E-state index contributed by atoms with van der Waals surface area (Å²) in [5.41, 5.74) is 0.879. The minimum absolute atomic E-state index is 0.175. The standard InChI is InChI=1S/C19H22F3NO3/c20-19(21,22)12-11-14(24)8-4-2-1-3-7-13-23-17(25)15-9-5-6-10-16(15)18(23)26/h5-6,9-10H,1-4,7-8,11-13H2. The fourth-order valence-electron chi connectivity index (χ4n) is 2.97. The van der Waals surface area contributed by atoms with E-state index in [9.17, 15) is 27.6 Å².